The van der Waals surface area contributed by atoms with Crippen molar-refractivity contribution in [2.24, 2.45) is 0 Å². The highest BCUT2D eigenvalue weighted by atomic mass is 35.5. The lowest BCUT2D eigenvalue weighted by atomic mass is 10.2. The van der Waals surface area contributed by atoms with Gasteiger partial charge < -0.3 is 10.2 Å². The maximum Gasteiger partial charge on any atom is 0.164 e. The Morgan fingerprint density at radius 3 is 2.88 bits per heavy atom. The van der Waals surface area contributed by atoms with Crippen LogP contribution >= 0.6 is 24.8 Å². The fraction of sp³-hybridized carbons (Fsp3) is 0.500. The zero-order valence-electron chi connectivity index (χ0n) is 9.02. The van der Waals surface area contributed by atoms with E-state index in [1.54, 1.807) is 12.3 Å². The van der Waals surface area contributed by atoms with Crippen LogP contribution in [0, 0.1) is 5.82 Å². The lowest BCUT2D eigenvalue weighted by Gasteiger charge is -2.35. The van der Waals surface area contributed by atoms with Crippen LogP contribution in [0.25, 0.3) is 0 Å². The van der Waals surface area contributed by atoms with Crippen LogP contribution in [0.3, 0.4) is 0 Å². The Morgan fingerprint density at radius 2 is 2.25 bits per heavy atom. The first-order chi connectivity index (χ1) is 6.79. The molecule has 6 heteroatoms. The lowest BCUT2D eigenvalue weighted by molar-refractivity contribution is 0.490. The molecule has 0 unspecified atom stereocenters. The number of nitrogens with zero attached hydrogens (tertiary/aromatic N) is 2. The molecule has 2 rings (SSSR count). The van der Waals surface area contributed by atoms with E-state index in [1.807, 2.05) is 0 Å². The standard InChI is InChI=1S/C10H14FN3.2ClH/c1-8-6-13-4-5-14(8)10-2-3-12-7-9(10)11;;/h2-3,7-8,13H,4-6H2,1H3;2*1H/t8-;;/m0../s1. The number of nitrogens with one attached hydrogen (secondary N) is 1. The van der Waals surface area contributed by atoms with Gasteiger partial charge >= 0.3 is 0 Å². The summed E-state index contributed by atoms with van der Waals surface area (Å²) in [5, 5.41) is 3.27. The van der Waals surface area contributed by atoms with E-state index >= 15 is 0 Å². The highest BCUT2D eigenvalue weighted by molar-refractivity contribution is 5.85. The van der Waals surface area contributed by atoms with Crippen LogP contribution in [-0.4, -0.2) is 30.7 Å². The summed E-state index contributed by atoms with van der Waals surface area (Å²) in [4.78, 5) is 5.82. The quantitative estimate of drug-likeness (QED) is 0.842. The number of halogens is 3. The molecule has 0 aromatic carbocycles. The molecule has 3 nitrogen and oxygen atoms in total. The van der Waals surface area contributed by atoms with Crippen LogP contribution < -0.4 is 10.2 Å². The smallest absolute Gasteiger partial charge is 0.164 e. The molecule has 0 amide bonds. The van der Waals surface area contributed by atoms with E-state index in [9.17, 15) is 4.39 Å². The van der Waals surface area contributed by atoms with Gasteiger partial charge in [-0.25, -0.2) is 4.39 Å². The summed E-state index contributed by atoms with van der Waals surface area (Å²) in [6, 6.07) is 2.07. The third-order valence-corrected chi connectivity index (χ3v) is 2.56. The first kappa shape index (κ1) is 15.4. The van der Waals surface area contributed by atoms with Crippen LogP contribution in [0.15, 0.2) is 18.5 Å². The SMILES string of the molecule is C[C@H]1CNCCN1c1ccncc1F.Cl.Cl. The van der Waals surface area contributed by atoms with Gasteiger partial charge in [0.05, 0.1) is 11.9 Å². The average Bonchev–Trinajstić information content (AvgIpc) is 2.20. The molecule has 0 saturated carbocycles. The Hall–Kier alpha value is -0.580. The second kappa shape index (κ2) is 6.89. The van der Waals surface area contributed by atoms with Crippen molar-refractivity contribution in [3.63, 3.8) is 0 Å². The van der Waals surface area contributed by atoms with E-state index in [2.05, 4.69) is 22.1 Å². The molecule has 2 heterocycles. The molecule has 1 atom stereocenters. The number of hydrogen-bond donors (Lipinski definition) is 1. The first-order valence-electron chi connectivity index (χ1n) is 4.86. The van der Waals surface area contributed by atoms with Gasteiger partial charge in [-0.15, -0.1) is 24.8 Å². The van der Waals surface area contributed by atoms with Gasteiger partial charge in [0.15, 0.2) is 5.82 Å². The van der Waals surface area contributed by atoms with Crippen molar-refractivity contribution in [1.29, 1.82) is 0 Å². The van der Waals surface area contributed by atoms with E-state index in [-0.39, 0.29) is 30.6 Å². The maximum absolute atomic E-state index is 13.4. The van der Waals surface area contributed by atoms with Crippen molar-refractivity contribution in [2.45, 2.75) is 13.0 Å². The van der Waals surface area contributed by atoms with Gasteiger partial charge in [0, 0.05) is 31.9 Å². The summed E-state index contributed by atoms with van der Waals surface area (Å²) < 4.78 is 13.4. The van der Waals surface area contributed by atoms with Gasteiger partial charge in [-0.1, -0.05) is 0 Å². The minimum atomic E-state index is -0.235. The molecular weight excluding hydrogens is 252 g/mol. The lowest BCUT2D eigenvalue weighted by Crippen LogP contribution is -2.50. The summed E-state index contributed by atoms with van der Waals surface area (Å²) in [5.74, 6) is -0.235. The van der Waals surface area contributed by atoms with Gasteiger partial charge in [-0.2, -0.15) is 0 Å². The predicted octanol–water partition coefficient (Wildman–Crippen LogP) is 1.86. The molecule has 0 aliphatic carbocycles. The second-order valence-corrected chi connectivity index (χ2v) is 3.57. The van der Waals surface area contributed by atoms with Crippen molar-refractivity contribution in [1.82, 2.24) is 10.3 Å². The van der Waals surface area contributed by atoms with E-state index < -0.39 is 0 Å². The van der Waals surface area contributed by atoms with E-state index in [1.165, 1.54) is 6.20 Å². The molecule has 0 radical (unpaired) electrons. The molecule has 16 heavy (non-hydrogen) atoms. The topological polar surface area (TPSA) is 28.2 Å². The van der Waals surface area contributed by atoms with Crippen LogP contribution in [0.2, 0.25) is 0 Å². The monoisotopic (exact) mass is 267 g/mol. The molecule has 0 spiro atoms. The highest BCUT2D eigenvalue weighted by Gasteiger charge is 2.20. The maximum atomic E-state index is 13.4. The molecule has 1 aliphatic heterocycles. The Morgan fingerprint density at radius 1 is 1.50 bits per heavy atom. The van der Waals surface area contributed by atoms with Crippen LogP contribution in [0.4, 0.5) is 10.1 Å². The third kappa shape index (κ3) is 3.20. The van der Waals surface area contributed by atoms with Crippen molar-refractivity contribution in [3.05, 3.63) is 24.3 Å². The molecule has 1 aliphatic rings. The van der Waals surface area contributed by atoms with Gasteiger partial charge in [-0.05, 0) is 13.0 Å². The molecule has 1 aromatic heterocycles. The van der Waals surface area contributed by atoms with Crippen molar-refractivity contribution in [3.8, 4) is 0 Å². The molecule has 92 valence electrons. The zero-order valence-corrected chi connectivity index (χ0v) is 10.7. The van der Waals surface area contributed by atoms with Gasteiger partial charge in [0.2, 0.25) is 0 Å². The van der Waals surface area contributed by atoms with Crippen LogP contribution in [0.5, 0.6) is 0 Å². The zero-order chi connectivity index (χ0) is 9.97. The number of hydrogen-bond acceptors (Lipinski definition) is 3. The van der Waals surface area contributed by atoms with Crippen molar-refractivity contribution < 1.29 is 4.39 Å². The summed E-state index contributed by atoms with van der Waals surface area (Å²) in [6.07, 6.45) is 2.90. The Balaban J connectivity index is 0.00000112. The molecule has 0 bridgehead atoms. The molecular formula is C10H16Cl2FN3. The summed E-state index contributed by atoms with van der Waals surface area (Å²) >= 11 is 0. The van der Waals surface area contributed by atoms with Gasteiger partial charge in [0.25, 0.3) is 0 Å². The minimum absolute atomic E-state index is 0. The third-order valence-electron chi connectivity index (χ3n) is 2.56. The Labute approximate surface area is 107 Å². The molecule has 1 saturated heterocycles. The highest BCUT2D eigenvalue weighted by Crippen LogP contribution is 2.20. The summed E-state index contributed by atoms with van der Waals surface area (Å²) in [7, 11) is 0. The second-order valence-electron chi connectivity index (χ2n) is 3.57. The number of aromatic nitrogens is 1. The van der Waals surface area contributed by atoms with Crippen LogP contribution in [0.1, 0.15) is 6.92 Å². The number of anilines is 1. The van der Waals surface area contributed by atoms with E-state index in [0.29, 0.717) is 11.7 Å². The Bertz CT molecular complexity index is 325. The largest absolute Gasteiger partial charge is 0.364 e. The van der Waals surface area contributed by atoms with Gasteiger partial charge in [-0.3, -0.25) is 4.98 Å². The number of piperazine rings is 1. The Kier molecular flexibility index (Phi) is 6.64. The van der Waals surface area contributed by atoms with Crippen molar-refractivity contribution in [2.75, 3.05) is 24.5 Å². The van der Waals surface area contributed by atoms with Crippen molar-refractivity contribution >= 4 is 30.5 Å². The van der Waals surface area contributed by atoms with Gasteiger partial charge in [0.1, 0.15) is 0 Å². The number of rotatable bonds is 1. The fourth-order valence-corrected chi connectivity index (χ4v) is 1.80. The summed E-state index contributed by atoms with van der Waals surface area (Å²) in [6.45, 7) is 4.75. The fourth-order valence-electron chi connectivity index (χ4n) is 1.80. The van der Waals surface area contributed by atoms with E-state index in [0.717, 1.165) is 19.6 Å². The normalized spacial score (nSPS) is 19.6. The van der Waals surface area contributed by atoms with E-state index in [4.69, 9.17) is 0 Å². The predicted molar refractivity (Wildman–Crippen MR) is 68.4 cm³/mol. The molecule has 1 aromatic rings. The minimum Gasteiger partial charge on any atom is -0.364 e. The summed E-state index contributed by atoms with van der Waals surface area (Å²) in [5.41, 5.74) is 0.661. The first-order valence-corrected chi connectivity index (χ1v) is 4.86. The number of pyridine rings is 1. The molecule has 1 fully saturated rings. The van der Waals surface area contributed by atoms with Crippen LogP contribution in [-0.2, 0) is 0 Å². The molecule has 1 N–H and O–H groups in total. The average molecular weight is 268 g/mol.